The first-order valence-electron chi connectivity index (χ1n) is 2.63. The third kappa shape index (κ3) is 1.57. The van der Waals surface area contributed by atoms with Gasteiger partial charge in [0.05, 0.1) is 0 Å². The molecule has 0 fully saturated rings. The number of aromatic nitrogens is 2. The molecule has 1 aromatic heterocycles. The zero-order valence-electron chi connectivity index (χ0n) is 4.87. The molecular formula is C6H6N2O. The van der Waals surface area contributed by atoms with Gasteiger partial charge in [-0.15, -0.1) is 17.4 Å². The second-order valence-electron chi connectivity index (χ2n) is 1.60. The molecule has 1 rings (SSSR count). The molecule has 1 aromatic rings. The van der Waals surface area contributed by atoms with Crippen LogP contribution in [-0.2, 0) is 6.42 Å². The number of rotatable bonds is 2. The molecule has 0 saturated heterocycles. The van der Waals surface area contributed by atoms with Crippen LogP contribution >= 0.6 is 0 Å². The summed E-state index contributed by atoms with van der Waals surface area (Å²) in [6, 6.07) is 0. The van der Waals surface area contributed by atoms with Crippen LogP contribution in [0, 0.1) is 12.3 Å². The maximum absolute atomic E-state index is 5.02. The minimum Gasteiger partial charge on any atom is -0.345 e. The zero-order valence-corrected chi connectivity index (χ0v) is 4.87. The van der Waals surface area contributed by atoms with Gasteiger partial charge in [-0.3, -0.25) is 0 Å². The van der Waals surface area contributed by atoms with E-state index in [0.717, 1.165) is 12.1 Å². The molecule has 0 bridgehead atoms. The van der Waals surface area contributed by atoms with Crippen molar-refractivity contribution in [3.63, 3.8) is 0 Å². The van der Waals surface area contributed by atoms with Gasteiger partial charge in [-0.05, 0) is 0 Å². The molecule has 0 unspecified atom stereocenters. The van der Waals surface area contributed by atoms with E-state index < -0.39 is 0 Å². The summed E-state index contributed by atoms with van der Waals surface area (Å²) in [4.78, 5) is 0. The molecule has 46 valence electrons. The van der Waals surface area contributed by atoms with Gasteiger partial charge in [0, 0.05) is 18.1 Å². The number of aryl methyl sites for hydroxylation is 1. The first-order valence-corrected chi connectivity index (χ1v) is 2.63. The van der Waals surface area contributed by atoms with Gasteiger partial charge in [0.25, 0.3) is 0 Å². The average molecular weight is 122 g/mol. The lowest BCUT2D eigenvalue weighted by atomic mass is 10.3. The Labute approximate surface area is 53.0 Å². The number of nitrogens with zero attached hydrogens (tertiary/aromatic N) is 2. The summed E-state index contributed by atoms with van der Waals surface area (Å²) < 4.78 is 4.48. The molecule has 0 spiro atoms. The Kier molecular flexibility index (Phi) is 1.86. The van der Waals surface area contributed by atoms with E-state index in [4.69, 9.17) is 6.42 Å². The summed E-state index contributed by atoms with van der Waals surface area (Å²) >= 11 is 0. The highest BCUT2D eigenvalue weighted by Crippen LogP contribution is 1.94. The Morgan fingerprint density at radius 2 is 2.67 bits per heavy atom. The lowest BCUT2D eigenvalue weighted by Gasteiger charge is -1.81. The summed E-state index contributed by atoms with van der Waals surface area (Å²) in [7, 11) is 0. The quantitative estimate of drug-likeness (QED) is 0.540. The predicted molar refractivity (Wildman–Crippen MR) is 31.5 cm³/mol. The van der Waals surface area contributed by atoms with Crippen LogP contribution in [0.1, 0.15) is 12.1 Å². The number of hydrogen-bond donors (Lipinski definition) is 0. The van der Waals surface area contributed by atoms with Gasteiger partial charge in [0.1, 0.15) is 12.0 Å². The summed E-state index contributed by atoms with van der Waals surface area (Å²) in [6.45, 7) is 0. The van der Waals surface area contributed by atoms with E-state index in [1.165, 1.54) is 6.26 Å². The van der Waals surface area contributed by atoms with E-state index >= 15 is 0 Å². The highest BCUT2D eigenvalue weighted by atomic mass is 16.5. The normalized spacial score (nSPS) is 8.78. The highest BCUT2D eigenvalue weighted by Gasteiger charge is 1.93. The van der Waals surface area contributed by atoms with E-state index in [2.05, 4.69) is 20.8 Å². The Balaban J connectivity index is 2.41. The lowest BCUT2D eigenvalue weighted by Crippen LogP contribution is -1.82. The van der Waals surface area contributed by atoms with Crippen LogP contribution in [0.3, 0.4) is 0 Å². The molecule has 0 saturated carbocycles. The molecule has 0 amide bonds. The van der Waals surface area contributed by atoms with Gasteiger partial charge < -0.3 is 4.52 Å². The van der Waals surface area contributed by atoms with E-state index in [1.54, 1.807) is 0 Å². The summed E-state index contributed by atoms with van der Waals surface area (Å²) in [5, 5.41) is 6.92. The van der Waals surface area contributed by atoms with Crippen molar-refractivity contribution in [2.45, 2.75) is 12.8 Å². The van der Waals surface area contributed by atoms with Gasteiger partial charge in [-0.2, -0.15) is 0 Å². The van der Waals surface area contributed by atoms with Crippen molar-refractivity contribution in [1.82, 2.24) is 10.4 Å². The van der Waals surface area contributed by atoms with Crippen LogP contribution < -0.4 is 0 Å². The van der Waals surface area contributed by atoms with Crippen LogP contribution in [0.5, 0.6) is 0 Å². The average Bonchev–Trinajstić information content (AvgIpc) is 2.34. The fourth-order valence-electron chi connectivity index (χ4n) is 0.493. The maximum atomic E-state index is 5.02. The molecule has 1 heterocycles. The van der Waals surface area contributed by atoms with E-state index in [1.807, 2.05) is 0 Å². The predicted octanol–water partition coefficient (Wildman–Crippen LogP) is 0.635. The molecule has 3 heteroatoms. The van der Waals surface area contributed by atoms with Gasteiger partial charge >= 0.3 is 0 Å². The van der Waals surface area contributed by atoms with Crippen LogP contribution in [0.15, 0.2) is 10.8 Å². The molecule has 0 aliphatic carbocycles. The summed E-state index contributed by atoms with van der Waals surface area (Å²) in [5.74, 6) is 2.50. The van der Waals surface area contributed by atoms with Gasteiger partial charge in [-0.1, -0.05) is 0 Å². The highest BCUT2D eigenvalue weighted by molar-refractivity contribution is 4.94. The summed E-state index contributed by atoms with van der Waals surface area (Å²) in [6.07, 6.45) is 7.95. The molecule has 9 heavy (non-hydrogen) atoms. The van der Waals surface area contributed by atoms with Crippen molar-refractivity contribution in [3.8, 4) is 12.3 Å². The second-order valence-corrected chi connectivity index (χ2v) is 1.60. The van der Waals surface area contributed by atoms with Crippen molar-refractivity contribution < 1.29 is 4.52 Å². The van der Waals surface area contributed by atoms with E-state index in [-0.39, 0.29) is 0 Å². The third-order valence-corrected chi connectivity index (χ3v) is 0.931. The smallest absolute Gasteiger partial charge is 0.147 e. The Morgan fingerprint density at radius 1 is 1.78 bits per heavy atom. The van der Waals surface area contributed by atoms with Crippen molar-refractivity contribution in [2.24, 2.45) is 0 Å². The Morgan fingerprint density at radius 3 is 3.22 bits per heavy atom. The van der Waals surface area contributed by atoms with Crippen molar-refractivity contribution in [3.05, 3.63) is 12.0 Å². The van der Waals surface area contributed by atoms with Gasteiger partial charge in [0.15, 0.2) is 0 Å². The van der Waals surface area contributed by atoms with Crippen molar-refractivity contribution in [1.29, 1.82) is 0 Å². The molecule has 0 aliphatic heterocycles. The van der Waals surface area contributed by atoms with Crippen LogP contribution in [-0.4, -0.2) is 10.4 Å². The topological polar surface area (TPSA) is 38.9 Å². The SMILES string of the molecule is C#CCCc1conn1. The molecule has 0 aromatic carbocycles. The minimum absolute atomic E-state index is 0.689. The van der Waals surface area contributed by atoms with Crippen LogP contribution in [0.25, 0.3) is 0 Å². The lowest BCUT2D eigenvalue weighted by molar-refractivity contribution is 0.392. The molecular weight excluding hydrogens is 116 g/mol. The molecule has 0 radical (unpaired) electrons. The van der Waals surface area contributed by atoms with E-state index in [9.17, 15) is 0 Å². The molecule has 0 aliphatic rings. The number of terminal acetylenes is 1. The van der Waals surface area contributed by atoms with Gasteiger partial charge in [0.2, 0.25) is 0 Å². The Bertz CT molecular complexity index is 197. The monoisotopic (exact) mass is 122 g/mol. The fourth-order valence-corrected chi connectivity index (χ4v) is 0.493. The first-order chi connectivity index (χ1) is 4.43. The third-order valence-electron chi connectivity index (χ3n) is 0.931. The fraction of sp³-hybridized carbons (Fsp3) is 0.333. The molecule has 3 nitrogen and oxygen atoms in total. The first kappa shape index (κ1) is 5.83. The summed E-state index contributed by atoms with van der Waals surface area (Å²) in [5.41, 5.74) is 0.813. The largest absolute Gasteiger partial charge is 0.345 e. The standard InChI is InChI=1S/C6H6N2O/c1-2-3-4-6-5-9-8-7-6/h1,5H,3-4H2. The van der Waals surface area contributed by atoms with Crippen LogP contribution in [0.4, 0.5) is 0 Å². The number of hydrogen-bond acceptors (Lipinski definition) is 3. The minimum atomic E-state index is 0.689. The van der Waals surface area contributed by atoms with Crippen molar-refractivity contribution >= 4 is 0 Å². The van der Waals surface area contributed by atoms with Crippen molar-refractivity contribution in [2.75, 3.05) is 0 Å². The van der Waals surface area contributed by atoms with Gasteiger partial charge in [-0.25, -0.2) is 0 Å². The maximum Gasteiger partial charge on any atom is 0.147 e. The van der Waals surface area contributed by atoms with Crippen LogP contribution in [0.2, 0.25) is 0 Å². The second kappa shape index (κ2) is 2.88. The molecule has 0 N–H and O–H groups in total. The van der Waals surface area contributed by atoms with E-state index in [0.29, 0.717) is 6.42 Å². The molecule has 0 atom stereocenters. The zero-order chi connectivity index (χ0) is 6.53. The Hall–Kier alpha value is -1.30.